The fraction of sp³-hybridized carbons (Fsp3) is 0.200. The highest BCUT2D eigenvalue weighted by Gasteiger charge is 2.14. The lowest BCUT2D eigenvalue weighted by Crippen LogP contribution is -2.15. The summed E-state index contributed by atoms with van der Waals surface area (Å²) in [6.45, 7) is 2.06. The van der Waals surface area contributed by atoms with Gasteiger partial charge in [-0.05, 0) is 18.6 Å². The zero-order chi connectivity index (χ0) is 14.8. The first-order valence-electron chi connectivity index (χ1n) is 6.75. The number of rotatable bonds is 4. The molecule has 5 nitrogen and oxygen atoms in total. The minimum absolute atomic E-state index is 0.413. The van der Waals surface area contributed by atoms with Crippen molar-refractivity contribution in [2.45, 2.75) is 19.8 Å². The van der Waals surface area contributed by atoms with Gasteiger partial charge in [0, 0.05) is 11.8 Å². The van der Waals surface area contributed by atoms with Crippen LogP contribution in [0.3, 0.4) is 0 Å². The standard InChI is InChI=1S/C15H15N5S/c1-2-10-7-14(18-9-17-10)20-12-6-4-3-5-11(12)19-15(20)8-13(16)21/h3-7,9H,2,8H2,1H3,(H2,16,21). The van der Waals surface area contributed by atoms with Gasteiger partial charge in [0.05, 0.1) is 22.4 Å². The summed E-state index contributed by atoms with van der Waals surface area (Å²) in [6.07, 6.45) is 2.87. The maximum Gasteiger partial charge on any atom is 0.142 e. The third kappa shape index (κ3) is 2.62. The van der Waals surface area contributed by atoms with Gasteiger partial charge in [0.2, 0.25) is 0 Å². The van der Waals surface area contributed by atoms with E-state index in [0.717, 1.165) is 34.8 Å². The molecular weight excluding hydrogens is 282 g/mol. The van der Waals surface area contributed by atoms with Gasteiger partial charge >= 0.3 is 0 Å². The summed E-state index contributed by atoms with van der Waals surface area (Å²) >= 11 is 5.03. The van der Waals surface area contributed by atoms with Crippen molar-refractivity contribution in [3.63, 3.8) is 0 Å². The molecule has 21 heavy (non-hydrogen) atoms. The Kier molecular flexibility index (Phi) is 3.62. The molecule has 0 radical (unpaired) electrons. The number of fused-ring (bicyclic) bond motifs is 1. The lowest BCUT2D eigenvalue weighted by atomic mass is 10.3. The van der Waals surface area contributed by atoms with Gasteiger partial charge in [0.1, 0.15) is 18.0 Å². The van der Waals surface area contributed by atoms with Crippen LogP contribution in [0.15, 0.2) is 36.7 Å². The molecule has 2 aromatic heterocycles. The van der Waals surface area contributed by atoms with E-state index in [1.807, 2.05) is 34.9 Å². The molecule has 2 N–H and O–H groups in total. The average Bonchev–Trinajstić information content (AvgIpc) is 2.84. The second-order valence-electron chi connectivity index (χ2n) is 4.72. The molecular formula is C15H15N5S. The zero-order valence-corrected chi connectivity index (χ0v) is 12.5. The van der Waals surface area contributed by atoms with Crippen molar-refractivity contribution in [3.05, 3.63) is 48.2 Å². The minimum atomic E-state index is 0.413. The second kappa shape index (κ2) is 5.57. The molecule has 2 heterocycles. The Labute approximate surface area is 127 Å². The van der Waals surface area contributed by atoms with E-state index in [-0.39, 0.29) is 0 Å². The van der Waals surface area contributed by atoms with Crippen molar-refractivity contribution in [2.24, 2.45) is 5.73 Å². The van der Waals surface area contributed by atoms with Crippen LogP contribution in [0.4, 0.5) is 0 Å². The lowest BCUT2D eigenvalue weighted by Gasteiger charge is -2.08. The zero-order valence-electron chi connectivity index (χ0n) is 11.7. The van der Waals surface area contributed by atoms with Crippen LogP contribution in [0.5, 0.6) is 0 Å². The number of benzene rings is 1. The van der Waals surface area contributed by atoms with Gasteiger partial charge in [0.15, 0.2) is 0 Å². The van der Waals surface area contributed by atoms with Crippen molar-refractivity contribution in [1.82, 2.24) is 19.5 Å². The van der Waals surface area contributed by atoms with Crippen LogP contribution in [0.2, 0.25) is 0 Å². The van der Waals surface area contributed by atoms with E-state index in [9.17, 15) is 0 Å². The Morgan fingerprint density at radius 1 is 1.29 bits per heavy atom. The molecule has 3 aromatic rings. The highest BCUT2D eigenvalue weighted by atomic mass is 32.1. The molecule has 106 valence electrons. The predicted octanol–water partition coefficient (Wildman–Crippen LogP) is 2.21. The number of thiocarbonyl (C=S) groups is 1. The van der Waals surface area contributed by atoms with Crippen molar-refractivity contribution >= 4 is 28.2 Å². The molecule has 0 aliphatic carbocycles. The molecule has 6 heteroatoms. The Bertz CT molecular complexity index is 809. The normalized spacial score (nSPS) is 10.9. The first-order chi connectivity index (χ1) is 10.2. The third-order valence-corrected chi connectivity index (χ3v) is 3.41. The van der Waals surface area contributed by atoms with Crippen LogP contribution in [0.25, 0.3) is 16.9 Å². The first kappa shape index (κ1) is 13.6. The number of imidazole rings is 1. The smallest absolute Gasteiger partial charge is 0.142 e. The fourth-order valence-electron chi connectivity index (χ4n) is 2.31. The van der Waals surface area contributed by atoms with Crippen LogP contribution in [0, 0.1) is 0 Å². The number of para-hydroxylation sites is 2. The number of aryl methyl sites for hydroxylation is 1. The van der Waals surface area contributed by atoms with Gasteiger partial charge in [-0.25, -0.2) is 15.0 Å². The summed E-state index contributed by atoms with van der Waals surface area (Å²) in [4.78, 5) is 13.7. The number of nitrogens with two attached hydrogens (primary N) is 1. The van der Waals surface area contributed by atoms with Crippen LogP contribution < -0.4 is 5.73 Å². The second-order valence-corrected chi connectivity index (χ2v) is 5.24. The van der Waals surface area contributed by atoms with Crippen molar-refractivity contribution in [3.8, 4) is 5.82 Å². The average molecular weight is 297 g/mol. The molecule has 0 aliphatic rings. The quantitative estimate of drug-likeness (QED) is 0.748. The maximum absolute atomic E-state index is 5.69. The Morgan fingerprint density at radius 3 is 2.86 bits per heavy atom. The van der Waals surface area contributed by atoms with E-state index < -0.39 is 0 Å². The Balaban J connectivity index is 2.25. The van der Waals surface area contributed by atoms with Gasteiger partial charge in [-0.15, -0.1) is 0 Å². The molecule has 3 rings (SSSR count). The summed E-state index contributed by atoms with van der Waals surface area (Å²) in [6, 6.07) is 9.89. The van der Waals surface area contributed by atoms with Crippen molar-refractivity contribution < 1.29 is 0 Å². The number of nitrogens with zero attached hydrogens (tertiary/aromatic N) is 4. The minimum Gasteiger partial charge on any atom is -0.393 e. The predicted molar refractivity (Wildman–Crippen MR) is 86.5 cm³/mol. The highest BCUT2D eigenvalue weighted by Crippen LogP contribution is 2.21. The van der Waals surface area contributed by atoms with Crippen LogP contribution >= 0.6 is 12.2 Å². The van der Waals surface area contributed by atoms with E-state index in [1.165, 1.54) is 0 Å². The monoisotopic (exact) mass is 297 g/mol. The van der Waals surface area contributed by atoms with E-state index >= 15 is 0 Å². The SMILES string of the molecule is CCc1cc(-n2c(CC(N)=S)nc3ccccc32)ncn1. The Morgan fingerprint density at radius 2 is 2.10 bits per heavy atom. The summed E-state index contributed by atoms with van der Waals surface area (Å²) in [5.41, 5.74) is 8.57. The van der Waals surface area contributed by atoms with Crippen LogP contribution in [-0.4, -0.2) is 24.5 Å². The molecule has 0 saturated carbocycles. The van der Waals surface area contributed by atoms with Gasteiger partial charge in [-0.3, -0.25) is 4.57 Å². The molecule has 0 saturated heterocycles. The van der Waals surface area contributed by atoms with E-state index in [4.69, 9.17) is 18.0 Å². The van der Waals surface area contributed by atoms with Gasteiger partial charge in [-0.2, -0.15) is 0 Å². The number of aromatic nitrogens is 4. The van der Waals surface area contributed by atoms with Crippen LogP contribution in [0.1, 0.15) is 18.4 Å². The molecule has 0 spiro atoms. The molecule has 0 amide bonds. The summed E-state index contributed by atoms with van der Waals surface area (Å²) in [5, 5.41) is 0. The largest absolute Gasteiger partial charge is 0.393 e. The van der Waals surface area contributed by atoms with Gasteiger partial charge in [-0.1, -0.05) is 31.3 Å². The van der Waals surface area contributed by atoms with E-state index in [1.54, 1.807) is 6.33 Å². The number of hydrogen-bond acceptors (Lipinski definition) is 4. The molecule has 0 atom stereocenters. The number of hydrogen-bond donors (Lipinski definition) is 1. The first-order valence-corrected chi connectivity index (χ1v) is 7.16. The summed E-state index contributed by atoms with van der Waals surface area (Å²) < 4.78 is 2.00. The lowest BCUT2D eigenvalue weighted by molar-refractivity contribution is 0.898. The summed E-state index contributed by atoms with van der Waals surface area (Å²) in [7, 11) is 0. The van der Waals surface area contributed by atoms with Crippen LogP contribution in [-0.2, 0) is 12.8 Å². The maximum atomic E-state index is 5.69. The fourth-order valence-corrected chi connectivity index (χ4v) is 2.44. The third-order valence-electron chi connectivity index (χ3n) is 3.26. The van der Waals surface area contributed by atoms with Gasteiger partial charge < -0.3 is 5.73 Å². The summed E-state index contributed by atoms with van der Waals surface area (Å²) in [5.74, 6) is 1.59. The Hall–Kier alpha value is -2.34. The highest BCUT2D eigenvalue weighted by molar-refractivity contribution is 7.80. The molecule has 0 bridgehead atoms. The molecule has 0 aliphatic heterocycles. The van der Waals surface area contributed by atoms with Crippen molar-refractivity contribution in [2.75, 3.05) is 0 Å². The van der Waals surface area contributed by atoms with Crippen molar-refractivity contribution in [1.29, 1.82) is 0 Å². The molecule has 0 fully saturated rings. The van der Waals surface area contributed by atoms with E-state index in [0.29, 0.717) is 11.4 Å². The van der Waals surface area contributed by atoms with E-state index in [2.05, 4.69) is 21.9 Å². The topological polar surface area (TPSA) is 69.6 Å². The molecule has 1 aromatic carbocycles. The van der Waals surface area contributed by atoms with Gasteiger partial charge in [0.25, 0.3) is 0 Å². The molecule has 0 unspecified atom stereocenters.